The molecule has 3 aliphatic carbocycles. The Labute approximate surface area is 863 Å². The van der Waals surface area contributed by atoms with Gasteiger partial charge in [0.2, 0.25) is 11.8 Å². The molecule has 0 amide bonds. The second-order valence-electron chi connectivity index (χ2n) is 47.8. The average Bonchev–Trinajstić information content (AvgIpc) is 0.799. The maximum absolute atomic E-state index is 14.0. The van der Waals surface area contributed by atoms with E-state index >= 15 is 0 Å². The quantitative estimate of drug-likeness (QED) is 0.0229. The molecule has 4 aliphatic heterocycles. The van der Waals surface area contributed by atoms with Gasteiger partial charge in [0.25, 0.3) is 0 Å². The Kier molecular flexibility index (Phi) is 45.6. The summed E-state index contributed by atoms with van der Waals surface area (Å²) < 4.78 is 151. The second kappa shape index (κ2) is 53.6. The van der Waals surface area contributed by atoms with Gasteiger partial charge >= 0.3 is 0 Å². The van der Waals surface area contributed by atoms with Crippen molar-refractivity contribution < 1.29 is 97.8 Å². The third kappa shape index (κ3) is 42.7. The maximum Gasteiger partial charge on any atom is 0.213 e. The fraction of sp³-hybridized carbons (Fsp3) is 0.603. The van der Waals surface area contributed by atoms with Crippen LogP contribution in [-0.4, -0.2) is 186 Å². The molecule has 7 fully saturated rings. The van der Waals surface area contributed by atoms with Crippen molar-refractivity contribution in [3.8, 4) is 46.3 Å². The molecule has 4 saturated heterocycles. The fourth-order valence-corrected chi connectivity index (χ4v) is 16.7. The maximum atomic E-state index is 14.0. The lowest BCUT2D eigenvalue weighted by Gasteiger charge is -2.51. The molecule has 2 bridgehead atoms. The number of ether oxygens (including phenoxy) is 11. The number of aromatic nitrogens is 2. The highest BCUT2D eigenvalue weighted by Gasteiger charge is 2.47. The molecule has 804 valence electrons. The van der Waals surface area contributed by atoms with E-state index in [1.807, 2.05) is 121 Å². The minimum atomic E-state index is -2.99. The summed E-state index contributed by atoms with van der Waals surface area (Å²) in [5.41, 5.74) is 14.4. The van der Waals surface area contributed by atoms with E-state index in [2.05, 4.69) is 151 Å². The summed E-state index contributed by atoms with van der Waals surface area (Å²) in [7, 11) is -1.34. The number of benzene rings is 6. The Morgan fingerprint density at radius 2 is 0.799 bits per heavy atom. The molecular formula is C116H171ClF5N5O16S. The number of methoxy groups -OCH3 is 1. The van der Waals surface area contributed by atoms with Crippen molar-refractivity contribution in [2.45, 2.75) is 342 Å². The Bertz CT molecular complexity index is 5250. The first kappa shape index (κ1) is 122. The van der Waals surface area contributed by atoms with Gasteiger partial charge < -0.3 is 83.8 Å². The van der Waals surface area contributed by atoms with Crippen LogP contribution in [0.5, 0.6) is 46.3 Å². The number of hydrogen-bond donors (Lipinski definition) is 6. The van der Waals surface area contributed by atoms with Crippen LogP contribution in [0.2, 0.25) is 5.02 Å². The van der Waals surface area contributed by atoms with Crippen molar-refractivity contribution in [1.29, 1.82) is 0 Å². The minimum absolute atomic E-state index is 0.00927. The van der Waals surface area contributed by atoms with Gasteiger partial charge in [0.15, 0.2) is 57.8 Å². The van der Waals surface area contributed by atoms with Gasteiger partial charge in [-0.25, -0.2) is 40.3 Å². The predicted molar refractivity (Wildman–Crippen MR) is 569 cm³/mol. The van der Waals surface area contributed by atoms with Crippen molar-refractivity contribution in [2.24, 2.45) is 11.1 Å². The molecule has 2 unspecified atom stereocenters. The molecule has 144 heavy (non-hydrogen) atoms. The van der Waals surface area contributed by atoms with Gasteiger partial charge in [-0.2, -0.15) is 0 Å². The van der Waals surface area contributed by atoms with Crippen LogP contribution in [0.15, 0.2) is 146 Å². The van der Waals surface area contributed by atoms with Crippen LogP contribution in [-0.2, 0) is 67.4 Å². The van der Waals surface area contributed by atoms with Gasteiger partial charge in [0.05, 0.1) is 75.3 Å². The molecule has 28 heteroatoms. The SMILES string of the molecule is CC(C)(C)c1ccc(OC2CCOC2)c(F)c1.CC(C)(C)c1ccc(OCC23CCC(N)(CC2)CC3)nc1.CC(C)(C)c1ccc(OCC2C[C@@H](O)CN2)c(F)c1.CC(C)(C)c1ccc(OCCCS(C)(=O)=O)c(F)c1.CC(C)(C)c1ccc(O[C@@H]2CCOC2)c(F)c1.CC(C)(C)c1ccc(O[C@H]2CN[C@H](CO)C2)c(F)c1.CC(C)(O)COc1ccc(C(C)(C)C)cn1.COCCOc1cc(C(C)(C)C)ccc1Cl. The van der Waals surface area contributed by atoms with Crippen molar-refractivity contribution in [2.75, 3.05) is 105 Å². The number of aliphatic hydroxyl groups excluding tert-OH is 2. The number of pyridine rings is 2. The number of nitrogens with zero attached hydrogens (tertiary/aromatic N) is 2. The van der Waals surface area contributed by atoms with Crippen LogP contribution in [0, 0.1) is 34.5 Å². The van der Waals surface area contributed by atoms with Crippen molar-refractivity contribution in [3.05, 3.63) is 224 Å². The summed E-state index contributed by atoms with van der Waals surface area (Å²) in [6.45, 7) is 60.1. The second-order valence-corrected chi connectivity index (χ2v) is 50.5. The van der Waals surface area contributed by atoms with Crippen LogP contribution in [0.1, 0.15) is 295 Å². The van der Waals surface area contributed by atoms with E-state index in [1.54, 1.807) is 69.5 Å². The Balaban J connectivity index is 0.000000224. The molecule has 0 spiro atoms. The summed E-state index contributed by atoms with van der Waals surface area (Å²) in [6.07, 6.45) is 15.0. The van der Waals surface area contributed by atoms with E-state index in [4.69, 9.17) is 74.5 Å². The van der Waals surface area contributed by atoms with Crippen molar-refractivity contribution in [3.63, 3.8) is 0 Å². The van der Waals surface area contributed by atoms with Gasteiger partial charge in [0.1, 0.15) is 53.7 Å². The van der Waals surface area contributed by atoms with E-state index in [0.717, 1.165) is 78.2 Å². The molecule has 6 atom stereocenters. The Morgan fingerprint density at radius 1 is 0.438 bits per heavy atom. The molecule has 7 aliphatic rings. The molecule has 8 aromatic rings. The Morgan fingerprint density at radius 3 is 1.13 bits per heavy atom. The first-order valence-corrected chi connectivity index (χ1v) is 53.1. The summed E-state index contributed by atoms with van der Waals surface area (Å²) >= 11 is 6.06. The standard InChI is InChI=1S/C18H28N2O.2C15H22FNO2.C14H21FO3S.2C14H19FO2.C13H19ClO2.C13H21NO2/c1-16(2,3)14-4-5-15(20-12-14)21-13-17-6-9-18(19,10-7-17)11-8-17;1-15(2,3)10-4-5-14(13(16)6-10)19-9-11-7-12(18)8-17-11;1-15(2,3)10-4-5-14(13(16)6-10)19-12-7-11(9-18)17-8-12;1-14(2,3)11-6-7-13(12(15)10-11)18-8-5-9-19(4,16)17;2*1-14(2,3)10-4-5-13(12(15)8-10)17-11-6-7-16-9-11;1-13(2,3)10-5-6-11(14)12(9-10)16-8-7-15-4;1-12(2,3)10-6-7-11(14-8-10)16-9-13(4,5)15/h4-5,12H,6-11,13,19H2,1-3H3;2*4-6,11-12,17-18H,7-9H2,1-3H3;6-7,10H,5,8-9H2,1-4H3;2*4-5,8,11H,6-7,9H2,1-3H3;5-6,9H,7-8H2,1-4H3;6-8,15H,9H2,1-5H3/t;11?,12-;11-,12+;;11-;;;/m.10.1.../s1. The number of fused-ring (bicyclic) bond motifs is 3. The lowest BCUT2D eigenvalue weighted by atomic mass is 9.58. The summed E-state index contributed by atoms with van der Waals surface area (Å²) in [5.74, 6) is 1.84. The first-order chi connectivity index (χ1) is 66.7. The number of β-amino-alcohol motifs (C(OH)–C–C–N with tert-alkyl or cyclic N) is 1. The number of nitrogens with two attached hydrogens (primary N) is 1. The number of rotatable bonds is 25. The highest BCUT2D eigenvalue weighted by atomic mass is 35.5. The normalized spacial score (nSPS) is 20.1. The van der Waals surface area contributed by atoms with Crippen LogP contribution in [0.4, 0.5) is 22.0 Å². The van der Waals surface area contributed by atoms with Gasteiger partial charge in [-0.15, -0.1) is 0 Å². The lowest BCUT2D eigenvalue weighted by molar-refractivity contribution is 0.00406. The predicted octanol–water partition coefficient (Wildman–Crippen LogP) is 24.0. The van der Waals surface area contributed by atoms with Crippen molar-refractivity contribution >= 4 is 21.4 Å². The number of nitrogens with one attached hydrogen (secondary N) is 2. The third-order valence-corrected chi connectivity index (χ3v) is 27.1. The fourth-order valence-electron chi connectivity index (χ4n) is 15.9. The number of halogens is 6. The Hall–Kier alpha value is -8.45. The summed E-state index contributed by atoms with van der Waals surface area (Å²) in [5, 5.41) is 34.8. The molecule has 6 heterocycles. The van der Waals surface area contributed by atoms with E-state index < -0.39 is 21.3 Å². The zero-order valence-corrected chi connectivity index (χ0v) is 92.9. The number of aliphatic hydroxyl groups is 3. The van der Waals surface area contributed by atoms with E-state index in [1.165, 1.54) is 54.3 Å². The molecule has 21 nitrogen and oxygen atoms in total. The molecule has 0 radical (unpaired) electrons. The van der Waals surface area contributed by atoms with E-state index in [9.17, 15) is 40.6 Å². The van der Waals surface area contributed by atoms with Crippen LogP contribution >= 0.6 is 11.6 Å². The summed E-state index contributed by atoms with van der Waals surface area (Å²) in [4.78, 5) is 8.69. The van der Waals surface area contributed by atoms with Gasteiger partial charge in [-0.05, 0) is 226 Å². The van der Waals surface area contributed by atoms with Crippen molar-refractivity contribution in [1.82, 2.24) is 20.6 Å². The van der Waals surface area contributed by atoms with Gasteiger partial charge in [0, 0.05) is 93.3 Å². The summed E-state index contributed by atoms with van der Waals surface area (Å²) in [6, 6.07) is 39.6. The van der Waals surface area contributed by atoms with Crippen LogP contribution in [0.25, 0.3) is 0 Å². The van der Waals surface area contributed by atoms with E-state index in [-0.39, 0.29) is 146 Å². The lowest BCUT2D eigenvalue weighted by Crippen LogP contribution is -2.53. The minimum Gasteiger partial charge on any atom is -0.490 e. The highest BCUT2D eigenvalue weighted by Crippen LogP contribution is 2.52. The number of hydrogen-bond acceptors (Lipinski definition) is 21. The molecule has 15 rings (SSSR count). The smallest absolute Gasteiger partial charge is 0.213 e. The molecular weight excluding hydrogens is 1880 g/mol. The van der Waals surface area contributed by atoms with Crippen LogP contribution in [0.3, 0.4) is 0 Å². The monoisotopic (exact) mass is 2050 g/mol. The average molecular weight is 2050 g/mol. The largest absolute Gasteiger partial charge is 0.490 e. The van der Waals surface area contributed by atoms with E-state index in [0.29, 0.717) is 112 Å². The zero-order chi connectivity index (χ0) is 107. The first-order valence-electron chi connectivity index (χ1n) is 50.7. The zero-order valence-electron chi connectivity index (χ0n) is 91.3. The third-order valence-electron chi connectivity index (χ3n) is 25.7. The molecule has 3 saturated carbocycles. The molecule has 7 N–H and O–H groups in total. The van der Waals surface area contributed by atoms with Gasteiger partial charge in [-0.3, -0.25) is 0 Å². The van der Waals surface area contributed by atoms with Crippen LogP contribution < -0.4 is 54.3 Å². The topological polar surface area (TPSA) is 272 Å². The molecule has 2 aromatic heterocycles. The molecule has 6 aromatic carbocycles. The van der Waals surface area contributed by atoms with Gasteiger partial charge in [-0.1, -0.05) is 226 Å². The highest BCUT2D eigenvalue weighted by molar-refractivity contribution is 7.90. The number of sulfone groups is 1.